The van der Waals surface area contributed by atoms with Crippen LogP contribution in [0.15, 0.2) is 29.1 Å². The highest BCUT2D eigenvalue weighted by Crippen LogP contribution is 2.40. The second-order valence-corrected chi connectivity index (χ2v) is 9.86. The van der Waals surface area contributed by atoms with Crippen LogP contribution in [0.4, 0.5) is 0 Å². The van der Waals surface area contributed by atoms with E-state index in [0.717, 1.165) is 39.7 Å². The van der Waals surface area contributed by atoms with Crippen molar-refractivity contribution in [2.75, 3.05) is 0 Å². The van der Waals surface area contributed by atoms with E-state index < -0.39 is 11.6 Å². The Hall–Kier alpha value is -3.43. The maximum Gasteiger partial charge on any atom is 0.343 e. The summed E-state index contributed by atoms with van der Waals surface area (Å²) in [5.41, 5.74) is 4.07. The first-order valence-corrected chi connectivity index (χ1v) is 12.6. The maximum atomic E-state index is 13.5. The molecule has 1 aromatic carbocycles. The minimum absolute atomic E-state index is 0.120. The van der Waals surface area contributed by atoms with Crippen LogP contribution in [0, 0.1) is 17.8 Å². The van der Waals surface area contributed by atoms with Crippen LogP contribution in [0.1, 0.15) is 73.8 Å². The normalized spacial score (nSPS) is 20.7. The summed E-state index contributed by atoms with van der Waals surface area (Å²) in [6.07, 6.45) is 5.85. The van der Waals surface area contributed by atoms with Gasteiger partial charge in [-0.2, -0.15) is 0 Å². The van der Waals surface area contributed by atoms with Crippen molar-refractivity contribution in [1.82, 2.24) is 9.55 Å². The molecule has 4 heterocycles. The summed E-state index contributed by atoms with van der Waals surface area (Å²) in [6.45, 7) is 4.12. The highest BCUT2D eigenvalue weighted by Gasteiger charge is 2.45. The van der Waals surface area contributed by atoms with Crippen LogP contribution >= 0.6 is 0 Å². The van der Waals surface area contributed by atoms with E-state index >= 15 is 0 Å². The average molecular weight is 469 g/mol. The molecule has 178 valence electrons. The molecule has 2 aliphatic heterocycles. The third kappa shape index (κ3) is 3.25. The molecular formula is C29H28N2O4. The Morgan fingerprint density at radius 3 is 2.71 bits per heavy atom. The van der Waals surface area contributed by atoms with E-state index in [0.29, 0.717) is 29.3 Å². The standard InChI is InChI=1S/C29H28N2O4/c1-3-19-20-13-18(10-9-17-7-5-6-8-17)11-12-24(20)30-26-21(19)15-31-25(26)14-23-22(27(31)32)16-35-28(33)29(23,34)4-2/h11-14,17,34H,3-8,15-16H2,1-2H3/t29-/m0/s1. The average Bonchev–Trinajstić information content (AvgIpc) is 3.52. The number of fused-ring (bicyclic) bond motifs is 5. The molecule has 3 aromatic rings. The number of carbonyl (C=O) groups excluding carboxylic acids is 1. The molecule has 1 saturated carbocycles. The lowest BCUT2D eigenvalue weighted by atomic mass is 9.86. The van der Waals surface area contributed by atoms with Crippen LogP contribution in [0.3, 0.4) is 0 Å². The van der Waals surface area contributed by atoms with Crippen LogP contribution in [-0.4, -0.2) is 20.6 Å². The number of pyridine rings is 2. The lowest BCUT2D eigenvalue weighted by molar-refractivity contribution is -0.172. The number of aliphatic hydroxyl groups is 1. The van der Waals surface area contributed by atoms with Crippen LogP contribution in [0.5, 0.6) is 0 Å². The molecule has 0 radical (unpaired) electrons. The van der Waals surface area contributed by atoms with E-state index in [1.165, 1.54) is 25.7 Å². The molecular weight excluding hydrogens is 440 g/mol. The van der Waals surface area contributed by atoms with Crippen molar-refractivity contribution in [3.05, 3.63) is 62.4 Å². The molecule has 6 rings (SSSR count). The summed E-state index contributed by atoms with van der Waals surface area (Å²) < 4.78 is 6.88. The molecule has 6 nitrogen and oxygen atoms in total. The first-order chi connectivity index (χ1) is 16.9. The van der Waals surface area contributed by atoms with E-state index in [-0.39, 0.29) is 18.6 Å². The third-order valence-corrected chi connectivity index (χ3v) is 7.94. The van der Waals surface area contributed by atoms with Gasteiger partial charge in [0.15, 0.2) is 5.60 Å². The summed E-state index contributed by atoms with van der Waals surface area (Å²) in [5.74, 6) is 6.61. The van der Waals surface area contributed by atoms with Gasteiger partial charge in [0.2, 0.25) is 0 Å². The van der Waals surface area contributed by atoms with Crippen molar-refractivity contribution in [1.29, 1.82) is 0 Å². The number of nitrogens with zero attached hydrogens (tertiary/aromatic N) is 2. The van der Waals surface area contributed by atoms with Crippen LogP contribution in [-0.2, 0) is 34.7 Å². The van der Waals surface area contributed by atoms with Gasteiger partial charge in [-0.25, -0.2) is 9.78 Å². The van der Waals surface area contributed by atoms with Crippen molar-refractivity contribution in [3.63, 3.8) is 0 Å². The van der Waals surface area contributed by atoms with Crippen LogP contribution < -0.4 is 5.56 Å². The minimum Gasteiger partial charge on any atom is -0.458 e. The first kappa shape index (κ1) is 22.1. The number of ether oxygens (including phenoxy) is 1. The van der Waals surface area contributed by atoms with Crippen molar-refractivity contribution >= 4 is 16.9 Å². The van der Waals surface area contributed by atoms with E-state index in [1.54, 1.807) is 17.6 Å². The zero-order chi connectivity index (χ0) is 24.3. The summed E-state index contributed by atoms with van der Waals surface area (Å²) >= 11 is 0. The summed E-state index contributed by atoms with van der Waals surface area (Å²) in [5, 5.41) is 12.1. The zero-order valence-corrected chi connectivity index (χ0v) is 20.1. The number of rotatable bonds is 2. The largest absolute Gasteiger partial charge is 0.458 e. The zero-order valence-electron chi connectivity index (χ0n) is 20.1. The molecule has 0 saturated heterocycles. The molecule has 1 N–H and O–H groups in total. The second-order valence-electron chi connectivity index (χ2n) is 9.86. The fourth-order valence-corrected chi connectivity index (χ4v) is 5.90. The van der Waals surface area contributed by atoms with Gasteiger partial charge < -0.3 is 14.4 Å². The van der Waals surface area contributed by atoms with Crippen molar-refractivity contribution < 1.29 is 14.6 Å². The predicted octanol–water partition coefficient (Wildman–Crippen LogP) is 4.18. The first-order valence-electron chi connectivity index (χ1n) is 12.6. The highest BCUT2D eigenvalue weighted by molar-refractivity contribution is 5.90. The van der Waals surface area contributed by atoms with Gasteiger partial charge in [0, 0.05) is 28.0 Å². The van der Waals surface area contributed by atoms with Gasteiger partial charge in [-0.15, -0.1) is 0 Å². The van der Waals surface area contributed by atoms with Gasteiger partial charge >= 0.3 is 5.97 Å². The molecule has 1 atom stereocenters. The molecule has 35 heavy (non-hydrogen) atoms. The number of esters is 1. The Labute approximate surface area is 204 Å². The molecule has 2 aromatic heterocycles. The summed E-state index contributed by atoms with van der Waals surface area (Å²) in [6, 6.07) is 7.92. The van der Waals surface area contributed by atoms with Gasteiger partial charge in [0.05, 0.1) is 29.0 Å². The Balaban J connectivity index is 1.51. The molecule has 1 aliphatic carbocycles. The van der Waals surface area contributed by atoms with Gasteiger partial charge in [0.25, 0.3) is 5.56 Å². The van der Waals surface area contributed by atoms with Gasteiger partial charge in [0.1, 0.15) is 6.61 Å². The van der Waals surface area contributed by atoms with Gasteiger partial charge in [-0.3, -0.25) is 4.79 Å². The molecule has 6 heteroatoms. The topological polar surface area (TPSA) is 81.4 Å². The van der Waals surface area contributed by atoms with Crippen LogP contribution in [0.25, 0.3) is 22.3 Å². The van der Waals surface area contributed by atoms with E-state index in [1.807, 2.05) is 12.1 Å². The number of cyclic esters (lactones) is 1. The fourth-order valence-electron chi connectivity index (χ4n) is 5.90. The predicted molar refractivity (Wildman–Crippen MR) is 133 cm³/mol. The lowest BCUT2D eigenvalue weighted by Gasteiger charge is -2.31. The van der Waals surface area contributed by atoms with E-state index in [2.05, 4.69) is 24.8 Å². The minimum atomic E-state index is -1.82. The Bertz CT molecular complexity index is 1520. The maximum absolute atomic E-state index is 13.5. The second kappa shape index (κ2) is 8.07. The van der Waals surface area contributed by atoms with Crippen molar-refractivity contribution in [2.24, 2.45) is 5.92 Å². The molecule has 0 unspecified atom stereocenters. The summed E-state index contributed by atoms with van der Waals surface area (Å²) in [7, 11) is 0. The van der Waals surface area contributed by atoms with Crippen LogP contribution in [0.2, 0.25) is 0 Å². The highest BCUT2D eigenvalue weighted by atomic mass is 16.6. The van der Waals surface area contributed by atoms with Gasteiger partial charge in [-0.05, 0) is 55.5 Å². The SMILES string of the molecule is CCc1c2c(nc3ccc(C#CC4CCCC4)cc13)-c1cc3c(c(=O)n1C2)COC(=O)[C@]3(O)CC. The molecule has 0 bridgehead atoms. The molecule has 0 spiro atoms. The molecule has 1 fully saturated rings. The number of hydrogen-bond donors (Lipinski definition) is 1. The third-order valence-electron chi connectivity index (χ3n) is 7.94. The Kier molecular flexibility index (Phi) is 5.08. The smallest absolute Gasteiger partial charge is 0.343 e. The number of aromatic nitrogens is 2. The number of carbonyl (C=O) groups is 1. The van der Waals surface area contributed by atoms with Crippen molar-refractivity contribution in [3.8, 4) is 23.2 Å². The molecule has 0 amide bonds. The van der Waals surface area contributed by atoms with E-state index in [9.17, 15) is 14.7 Å². The van der Waals surface area contributed by atoms with Gasteiger partial charge in [-0.1, -0.05) is 38.5 Å². The summed E-state index contributed by atoms with van der Waals surface area (Å²) in [4.78, 5) is 30.8. The van der Waals surface area contributed by atoms with E-state index in [4.69, 9.17) is 9.72 Å². The lowest BCUT2D eigenvalue weighted by Crippen LogP contribution is -2.44. The Morgan fingerprint density at radius 1 is 1.17 bits per heavy atom. The van der Waals surface area contributed by atoms with Crippen molar-refractivity contribution in [2.45, 2.75) is 71.1 Å². The number of benzene rings is 1. The molecule has 3 aliphatic rings. The quantitative estimate of drug-likeness (QED) is 0.353. The number of hydrogen-bond acceptors (Lipinski definition) is 5. The fraction of sp³-hybridized carbons (Fsp3) is 0.414. The Morgan fingerprint density at radius 2 is 1.97 bits per heavy atom. The number of aryl methyl sites for hydroxylation is 1. The monoisotopic (exact) mass is 468 g/mol.